The van der Waals surface area contributed by atoms with E-state index in [4.69, 9.17) is 0 Å². The van der Waals surface area contributed by atoms with Crippen LogP contribution in [0, 0.1) is 11.8 Å². The molecule has 4 nitrogen and oxygen atoms in total. The standard InChI is InChI=1S/C14H19N3O/c18-14(17-8-10-3-2-6-15-7-10)13-12-5-1-4-11(12)9-16-13/h2-3,6-7,11-13,16H,1,4-5,8-9H2,(H,17,18). The highest BCUT2D eigenvalue weighted by atomic mass is 16.2. The van der Waals surface area contributed by atoms with Gasteiger partial charge in [-0.25, -0.2) is 0 Å². The SMILES string of the molecule is O=C(NCc1cccnc1)C1NCC2CCCC21. The third kappa shape index (κ3) is 2.25. The van der Waals surface area contributed by atoms with Crippen LogP contribution in [-0.2, 0) is 11.3 Å². The molecule has 3 rings (SSSR count). The molecule has 0 spiro atoms. The molecule has 1 amide bonds. The van der Waals surface area contributed by atoms with Crippen molar-refractivity contribution in [3.8, 4) is 0 Å². The summed E-state index contributed by atoms with van der Waals surface area (Å²) in [6, 6.07) is 3.89. The van der Waals surface area contributed by atoms with Crippen LogP contribution in [0.2, 0.25) is 0 Å². The lowest BCUT2D eigenvalue weighted by Crippen LogP contribution is -2.43. The zero-order valence-corrected chi connectivity index (χ0v) is 10.4. The first-order chi connectivity index (χ1) is 8.84. The fraction of sp³-hybridized carbons (Fsp3) is 0.571. The molecule has 1 aromatic rings. The Bertz CT molecular complexity index is 420. The first kappa shape index (κ1) is 11.7. The van der Waals surface area contributed by atoms with Crippen LogP contribution in [0.25, 0.3) is 0 Å². The fourth-order valence-electron chi connectivity index (χ4n) is 3.28. The van der Waals surface area contributed by atoms with E-state index in [1.165, 1.54) is 19.3 Å². The summed E-state index contributed by atoms with van der Waals surface area (Å²) in [5, 5.41) is 6.38. The van der Waals surface area contributed by atoms with Crippen molar-refractivity contribution < 1.29 is 4.79 Å². The van der Waals surface area contributed by atoms with Gasteiger partial charge in [0.2, 0.25) is 5.91 Å². The minimum absolute atomic E-state index is 0.0224. The van der Waals surface area contributed by atoms with Gasteiger partial charge in [-0.2, -0.15) is 0 Å². The van der Waals surface area contributed by atoms with Gasteiger partial charge >= 0.3 is 0 Å². The van der Waals surface area contributed by atoms with E-state index in [-0.39, 0.29) is 11.9 Å². The summed E-state index contributed by atoms with van der Waals surface area (Å²) in [7, 11) is 0. The number of hydrogen-bond donors (Lipinski definition) is 2. The number of aromatic nitrogens is 1. The van der Waals surface area contributed by atoms with Gasteiger partial charge in [0.25, 0.3) is 0 Å². The molecule has 3 unspecified atom stereocenters. The first-order valence-corrected chi connectivity index (χ1v) is 6.74. The summed E-state index contributed by atoms with van der Waals surface area (Å²) in [6.07, 6.45) is 7.30. The van der Waals surface area contributed by atoms with Crippen molar-refractivity contribution in [2.75, 3.05) is 6.54 Å². The molecular formula is C14H19N3O. The van der Waals surface area contributed by atoms with Crippen LogP contribution in [0.5, 0.6) is 0 Å². The average molecular weight is 245 g/mol. The quantitative estimate of drug-likeness (QED) is 0.838. The van der Waals surface area contributed by atoms with E-state index in [2.05, 4.69) is 15.6 Å². The monoisotopic (exact) mass is 245 g/mol. The van der Waals surface area contributed by atoms with Gasteiger partial charge in [0.1, 0.15) is 0 Å². The topological polar surface area (TPSA) is 54.0 Å². The minimum Gasteiger partial charge on any atom is -0.351 e. The summed E-state index contributed by atoms with van der Waals surface area (Å²) in [4.78, 5) is 16.2. The zero-order valence-electron chi connectivity index (χ0n) is 10.4. The maximum Gasteiger partial charge on any atom is 0.237 e. The van der Waals surface area contributed by atoms with E-state index in [0.717, 1.165) is 18.0 Å². The van der Waals surface area contributed by atoms with Crippen molar-refractivity contribution in [2.24, 2.45) is 11.8 Å². The average Bonchev–Trinajstić information content (AvgIpc) is 2.99. The Balaban J connectivity index is 1.56. The van der Waals surface area contributed by atoms with Gasteiger partial charge in [-0.15, -0.1) is 0 Å². The number of carbonyl (C=O) groups excluding carboxylic acids is 1. The number of nitrogens with zero attached hydrogens (tertiary/aromatic N) is 1. The molecule has 2 fully saturated rings. The van der Waals surface area contributed by atoms with Crippen molar-refractivity contribution in [3.05, 3.63) is 30.1 Å². The molecule has 3 atom stereocenters. The Labute approximate surface area is 107 Å². The van der Waals surface area contributed by atoms with Crippen molar-refractivity contribution >= 4 is 5.91 Å². The molecule has 1 aliphatic heterocycles. The number of nitrogens with one attached hydrogen (secondary N) is 2. The number of fused-ring (bicyclic) bond motifs is 1. The highest BCUT2D eigenvalue weighted by Crippen LogP contribution is 2.37. The van der Waals surface area contributed by atoms with Gasteiger partial charge in [-0.3, -0.25) is 9.78 Å². The van der Waals surface area contributed by atoms with Gasteiger partial charge in [0.15, 0.2) is 0 Å². The number of hydrogen-bond acceptors (Lipinski definition) is 3. The highest BCUT2D eigenvalue weighted by molar-refractivity contribution is 5.82. The van der Waals surface area contributed by atoms with Crippen molar-refractivity contribution in [2.45, 2.75) is 31.8 Å². The number of rotatable bonds is 3. The Morgan fingerprint density at radius 1 is 1.50 bits per heavy atom. The maximum absolute atomic E-state index is 12.2. The molecule has 0 radical (unpaired) electrons. The van der Waals surface area contributed by atoms with E-state index < -0.39 is 0 Å². The zero-order chi connectivity index (χ0) is 12.4. The molecule has 1 saturated carbocycles. The lowest BCUT2D eigenvalue weighted by Gasteiger charge is -2.17. The molecule has 96 valence electrons. The molecule has 2 aliphatic rings. The molecule has 1 aromatic heterocycles. The molecular weight excluding hydrogens is 226 g/mol. The lowest BCUT2D eigenvalue weighted by atomic mass is 9.93. The van der Waals surface area contributed by atoms with E-state index in [1.54, 1.807) is 12.4 Å². The van der Waals surface area contributed by atoms with E-state index >= 15 is 0 Å². The van der Waals surface area contributed by atoms with Gasteiger partial charge in [0.05, 0.1) is 6.04 Å². The fourth-order valence-corrected chi connectivity index (χ4v) is 3.28. The predicted molar refractivity (Wildman–Crippen MR) is 68.7 cm³/mol. The summed E-state index contributed by atoms with van der Waals surface area (Å²) in [5.41, 5.74) is 1.05. The van der Waals surface area contributed by atoms with Gasteiger partial charge in [0, 0.05) is 18.9 Å². The minimum atomic E-state index is 0.0224. The number of amides is 1. The molecule has 0 bridgehead atoms. The van der Waals surface area contributed by atoms with Crippen LogP contribution in [-0.4, -0.2) is 23.5 Å². The Morgan fingerprint density at radius 2 is 2.44 bits per heavy atom. The van der Waals surface area contributed by atoms with Crippen LogP contribution in [0.15, 0.2) is 24.5 Å². The molecule has 2 N–H and O–H groups in total. The lowest BCUT2D eigenvalue weighted by molar-refractivity contribution is -0.123. The second-order valence-electron chi connectivity index (χ2n) is 5.32. The smallest absolute Gasteiger partial charge is 0.237 e. The number of carbonyl (C=O) groups is 1. The second-order valence-corrected chi connectivity index (χ2v) is 5.32. The third-order valence-electron chi connectivity index (χ3n) is 4.22. The van der Waals surface area contributed by atoms with Crippen LogP contribution in [0.4, 0.5) is 0 Å². The molecule has 2 heterocycles. The predicted octanol–water partition coefficient (Wildman–Crippen LogP) is 1.09. The summed E-state index contributed by atoms with van der Waals surface area (Å²) >= 11 is 0. The van der Waals surface area contributed by atoms with E-state index in [1.807, 2.05) is 12.1 Å². The highest BCUT2D eigenvalue weighted by Gasteiger charge is 2.42. The number of pyridine rings is 1. The van der Waals surface area contributed by atoms with Gasteiger partial charge < -0.3 is 10.6 Å². The van der Waals surface area contributed by atoms with Crippen LogP contribution in [0.3, 0.4) is 0 Å². The van der Waals surface area contributed by atoms with Crippen LogP contribution in [0.1, 0.15) is 24.8 Å². The van der Waals surface area contributed by atoms with Crippen LogP contribution < -0.4 is 10.6 Å². The van der Waals surface area contributed by atoms with Gasteiger partial charge in [-0.1, -0.05) is 12.5 Å². The maximum atomic E-state index is 12.2. The molecule has 0 aromatic carbocycles. The van der Waals surface area contributed by atoms with E-state index in [0.29, 0.717) is 12.5 Å². The van der Waals surface area contributed by atoms with Crippen molar-refractivity contribution in [3.63, 3.8) is 0 Å². The van der Waals surface area contributed by atoms with E-state index in [9.17, 15) is 4.79 Å². The van der Waals surface area contributed by atoms with Gasteiger partial charge in [-0.05, 0) is 42.9 Å². The normalized spacial score (nSPS) is 30.1. The summed E-state index contributed by atoms with van der Waals surface area (Å²) in [6.45, 7) is 1.58. The molecule has 4 heteroatoms. The molecule has 1 saturated heterocycles. The Hall–Kier alpha value is -1.42. The third-order valence-corrected chi connectivity index (χ3v) is 4.22. The Morgan fingerprint density at radius 3 is 3.28 bits per heavy atom. The summed E-state index contributed by atoms with van der Waals surface area (Å²) < 4.78 is 0. The molecule has 18 heavy (non-hydrogen) atoms. The summed E-state index contributed by atoms with van der Waals surface area (Å²) in [5.74, 6) is 1.42. The van der Waals surface area contributed by atoms with Crippen LogP contribution >= 0.6 is 0 Å². The second kappa shape index (κ2) is 5.06. The van der Waals surface area contributed by atoms with Crippen molar-refractivity contribution in [1.82, 2.24) is 15.6 Å². The van der Waals surface area contributed by atoms with Crippen molar-refractivity contribution in [1.29, 1.82) is 0 Å². The largest absolute Gasteiger partial charge is 0.351 e. The first-order valence-electron chi connectivity index (χ1n) is 6.74. The molecule has 1 aliphatic carbocycles. The Kier molecular flexibility index (Phi) is 3.28.